The average molecular weight is 422 g/mol. The maximum atomic E-state index is 12.5. The Morgan fingerprint density at radius 2 is 1.78 bits per heavy atom. The number of hydrogen-bond donors (Lipinski definition) is 3. The van der Waals surface area contributed by atoms with Gasteiger partial charge in [0.25, 0.3) is 0 Å². The Balaban J connectivity index is 2.08. The van der Waals surface area contributed by atoms with E-state index in [1.165, 1.54) is 24.3 Å². The van der Waals surface area contributed by atoms with Gasteiger partial charge in [-0.05, 0) is 45.4 Å². The maximum Gasteiger partial charge on any atom is 0.240 e. The largest absolute Gasteiger partial charge is 0.394 e. The predicted molar refractivity (Wildman–Crippen MR) is 103 cm³/mol. The number of aliphatic hydroxyl groups is 2. The zero-order valence-electron chi connectivity index (χ0n) is 15.7. The summed E-state index contributed by atoms with van der Waals surface area (Å²) in [5, 5.41) is 20.4. The number of aliphatic hydroxyl groups excluding tert-OH is 2. The Morgan fingerprint density at radius 3 is 2.33 bits per heavy atom. The van der Waals surface area contributed by atoms with Crippen molar-refractivity contribution < 1.29 is 23.4 Å². The molecule has 0 aromatic heterocycles. The van der Waals surface area contributed by atoms with Crippen molar-refractivity contribution in [3.63, 3.8) is 0 Å². The summed E-state index contributed by atoms with van der Waals surface area (Å²) in [5.74, 6) is 0. The summed E-state index contributed by atoms with van der Waals surface area (Å²) in [6.07, 6.45) is -2.25. The van der Waals surface area contributed by atoms with Crippen LogP contribution in [-0.4, -0.2) is 100 Å². The first-order valence-corrected chi connectivity index (χ1v) is 10.6. The van der Waals surface area contributed by atoms with Crippen molar-refractivity contribution in [1.29, 1.82) is 0 Å². The molecule has 0 spiro atoms. The van der Waals surface area contributed by atoms with Gasteiger partial charge >= 0.3 is 0 Å². The minimum atomic E-state index is -3.74. The molecule has 4 unspecified atom stereocenters. The molecule has 27 heavy (non-hydrogen) atoms. The SMILES string of the molecule is CN(C)CCN(C)C1C(CNS(=O)(=O)c2ccc(Cl)cc2)OC(CO)C1O. The molecule has 1 fully saturated rings. The molecule has 4 atom stereocenters. The minimum absolute atomic E-state index is 0.0184. The number of halogens is 1. The summed E-state index contributed by atoms with van der Waals surface area (Å²) in [6.45, 7) is 1.08. The molecule has 0 bridgehead atoms. The van der Waals surface area contributed by atoms with Gasteiger partial charge in [0.15, 0.2) is 0 Å². The van der Waals surface area contributed by atoms with Crippen LogP contribution in [0.1, 0.15) is 0 Å². The van der Waals surface area contributed by atoms with E-state index in [1.54, 1.807) is 0 Å². The van der Waals surface area contributed by atoms with E-state index >= 15 is 0 Å². The van der Waals surface area contributed by atoms with Gasteiger partial charge in [-0.25, -0.2) is 13.1 Å². The van der Waals surface area contributed by atoms with Crippen LogP contribution in [0, 0.1) is 0 Å². The van der Waals surface area contributed by atoms with Crippen molar-refractivity contribution in [3.8, 4) is 0 Å². The quantitative estimate of drug-likeness (QED) is 0.498. The Labute approximate surface area is 165 Å². The van der Waals surface area contributed by atoms with E-state index in [9.17, 15) is 18.6 Å². The van der Waals surface area contributed by atoms with Crippen LogP contribution >= 0.6 is 11.6 Å². The molecule has 154 valence electrons. The van der Waals surface area contributed by atoms with Gasteiger partial charge in [-0.1, -0.05) is 11.6 Å². The lowest BCUT2D eigenvalue weighted by Gasteiger charge is -2.31. The standard InChI is InChI=1S/C17H28ClN3O5S/c1-20(2)8-9-21(3)16-14(26-15(11-22)17(16)23)10-19-27(24,25)13-6-4-12(18)5-7-13/h4-7,14-17,19,22-23H,8-11H2,1-3H3. The smallest absolute Gasteiger partial charge is 0.240 e. The van der Waals surface area contributed by atoms with Crippen LogP contribution < -0.4 is 4.72 Å². The number of hydrogen-bond acceptors (Lipinski definition) is 7. The van der Waals surface area contributed by atoms with Gasteiger partial charge in [-0.2, -0.15) is 0 Å². The monoisotopic (exact) mass is 421 g/mol. The molecular formula is C17H28ClN3O5S. The molecule has 1 aromatic rings. The lowest BCUT2D eigenvalue weighted by Crippen LogP contribution is -2.51. The van der Waals surface area contributed by atoms with E-state index < -0.39 is 34.4 Å². The van der Waals surface area contributed by atoms with Crippen LogP contribution in [0.15, 0.2) is 29.2 Å². The molecule has 2 rings (SSSR count). The lowest BCUT2D eigenvalue weighted by atomic mass is 10.0. The fraction of sp³-hybridized carbons (Fsp3) is 0.647. The third kappa shape index (κ3) is 5.85. The topological polar surface area (TPSA) is 102 Å². The van der Waals surface area contributed by atoms with Crippen molar-refractivity contribution in [2.45, 2.75) is 29.2 Å². The number of rotatable bonds is 9. The lowest BCUT2D eigenvalue weighted by molar-refractivity contribution is -0.0201. The molecule has 8 nitrogen and oxygen atoms in total. The molecule has 0 radical (unpaired) electrons. The Kier molecular flexibility index (Phi) is 8.02. The fourth-order valence-corrected chi connectivity index (χ4v) is 4.26. The summed E-state index contributed by atoms with van der Waals surface area (Å²) >= 11 is 5.80. The Bertz CT molecular complexity index is 701. The highest BCUT2D eigenvalue weighted by molar-refractivity contribution is 7.89. The highest BCUT2D eigenvalue weighted by atomic mass is 35.5. The van der Waals surface area contributed by atoms with Crippen LogP contribution in [-0.2, 0) is 14.8 Å². The highest BCUT2D eigenvalue weighted by Gasteiger charge is 2.45. The van der Waals surface area contributed by atoms with E-state index in [0.717, 1.165) is 6.54 Å². The third-order valence-corrected chi connectivity index (χ3v) is 6.34. The van der Waals surface area contributed by atoms with Crippen LogP contribution in [0.25, 0.3) is 0 Å². The summed E-state index contributed by atoms with van der Waals surface area (Å²) in [5.41, 5.74) is 0. The van der Waals surface area contributed by atoms with E-state index in [0.29, 0.717) is 11.6 Å². The van der Waals surface area contributed by atoms with Crippen LogP contribution in [0.3, 0.4) is 0 Å². The number of ether oxygens (including phenoxy) is 1. The molecule has 10 heteroatoms. The molecule has 1 aliphatic rings. The molecular weight excluding hydrogens is 394 g/mol. The number of sulfonamides is 1. The normalized spacial score (nSPS) is 26.2. The van der Waals surface area contributed by atoms with E-state index in [2.05, 4.69) is 4.72 Å². The van der Waals surface area contributed by atoms with Gasteiger partial charge < -0.3 is 19.8 Å². The number of benzene rings is 1. The number of likely N-dealkylation sites (N-methyl/N-ethyl adjacent to an activating group) is 2. The molecule has 0 saturated carbocycles. The molecule has 3 N–H and O–H groups in total. The first kappa shape index (κ1) is 22.5. The summed E-state index contributed by atoms with van der Waals surface area (Å²) in [7, 11) is 2.00. The van der Waals surface area contributed by atoms with E-state index in [1.807, 2.05) is 30.9 Å². The highest BCUT2D eigenvalue weighted by Crippen LogP contribution is 2.25. The zero-order chi connectivity index (χ0) is 20.2. The first-order chi connectivity index (χ1) is 12.7. The van der Waals surface area contributed by atoms with Crippen LogP contribution in [0.5, 0.6) is 0 Å². The molecule has 1 aromatic carbocycles. The predicted octanol–water partition coefficient (Wildman–Crippen LogP) is -0.399. The second-order valence-corrected chi connectivity index (χ2v) is 9.17. The van der Waals surface area contributed by atoms with E-state index in [-0.39, 0.29) is 18.0 Å². The van der Waals surface area contributed by atoms with Crippen molar-refractivity contribution in [1.82, 2.24) is 14.5 Å². The first-order valence-electron chi connectivity index (χ1n) is 8.70. The van der Waals surface area contributed by atoms with Gasteiger partial charge in [-0.15, -0.1) is 0 Å². The Morgan fingerprint density at radius 1 is 1.15 bits per heavy atom. The maximum absolute atomic E-state index is 12.5. The van der Waals surface area contributed by atoms with Gasteiger partial charge in [0.2, 0.25) is 10.0 Å². The van der Waals surface area contributed by atoms with Gasteiger partial charge in [0.05, 0.1) is 23.6 Å². The van der Waals surface area contributed by atoms with Crippen molar-refractivity contribution in [3.05, 3.63) is 29.3 Å². The summed E-state index contributed by atoms with van der Waals surface area (Å²) in [4.78, 5) is 4.05. The second kappa shape index (κ2) is 9.62. The molecule has 1 aliphatic heterocycles. The summed E-state index contributed by atoms with van der Waals surface area (Å²) in [6, 6.07) is 5.42. The van der Waals surface area contributed by atoms with Gasteiger partial charge in [0.1, 0.15) is 12.2 Å². The van der Waals surface area contributed by atoms with Crippen molar-refractivity contribution >= 4 is 21.6 Å². The molecule has 0 aliphatic carbocycles. The fourth-order valence-electron chi connectivity index (χ4n) is 3.09. The zero-order valence-corrected chi connectivity index (χ0v) is 17.3. The molecule has 1 saturated heterocycles. The second-order valence-electron chi connectivity index (χ2n) is 6.97. The third-order valence-electron chi connectivity index (χ3n) is 4.65. The number of nitrogens with one attached hydrogen (secondary N) is 1. The molecule has 1 heterocycles. The van der Waals surface area contributed by atoms with Gasteiger partial charge in [-0.3, -0.25) is 4.90 Å². The van der Waals surface area contributed by atoms with Crippen LogP contribution in [0.2, 0.25) is 5.02 Å². The van der Waals surface area contributed by atoms with E-state index in [4.69, 9.17) is 16.3 Å². The summed E-state index contributed by atoms with van der Waals surface area (Å²) < 4.78 is 33.2. The number of nitrogens with zero attached hydrogens (tertiary/aromatic N) is 2. The minimum Gasteiger partial charge on any atom is -0.394 e. The Hall–Kier alpha value is -0.780. The van der Waals surface area contributed by atoms with Crippen molar-refractivity contribution in [2.75, 3.05) is 47.4 Å². The average Bonchev–Trinajstić information content (AvgIpc) is 2.94. The molecule has 0 amide bonds. The van der Waals surface area contributed by atoms with Crippen LogP contribution in [0.4, 0.5) is 0 Å². The van der Waals surface area contributed by atoms with Crippen molar-refractivity contribution in [2.24, 2.45) is 0 Å². The van der Waals surface area contributed by atoms with Gasteiger partial charge in [0, 0.05) is 24.7 Å².